The largest absolute Gasteiger partial charge is 0.477 e. The summed E-state index contributed by atoms with van der Waals surface area (Å²) in [7, 11) is -1.45. The molecule has 94 valence electrons. The summed E-state index contributed by atoms with van der Waals surface area (Å²) in [5.41, 5.74) is 0.509. The van der Waals surface area contributed by atoms with Gasteiger partial charge in [0.2, 0.25) is 0 Å². The van der Waals surface area contributed by atoms with Gasteiger partial charge >= 0.3 is 5.97 Å². The van der Waals surface area contributed by atoms with Crippen molar-refractivity contribution in [2.45, 2.75) is 10.6 Å². The van der Waals surface area contributed by atoms with Gasteiger partial charge in [-0.15, -0.1) is 11.3 Å². The first kappa shape index (κ1) is 12.9. The van der Waals surface area contributed by atoms with E-state index in [1.54, 1.807) is 17.5 Å². The van der Waals surface area contributed by atoms with Crippen molar-refractivity contribution >= 4 is 28.1 Å². The molecule has 0 aliphatic carbocycles. The molecule has 1 N–H and O–H groups in total. The molecule has 0 radical (unpaired) electrons. The molecule has 0 fully saturated rings. The second kappa shape index (κ2) is 5.41. The predicted molar refractivity (Wildman–Crippen MR) is 67.8 cm³/mol. The Hall–Kier alpha value is -1.53. The lowest BCUT2D eigenvalue weighted by Gasteiger charge is -2.02. The highest BCUT2D eigenvalue weighted by atomic mass is 32.2. The van der Waals surface area contributed by atoms with Gasteiger partial charge in [0.15, 0.2) is 0 Å². The fraction of sp³-hybridized carbons (Fsp3) is 0.0833. The van der Waals surface area contributed by atoms with E-state index in [-0.39, 0.29) is 10.6 Å². The Kier molecular flexibility index (Phi) is 3.88. The lowest BCUT2D eigenvalue weighted by molar-refractivity contribution is 0.0701. The first-order valence-corrected chi connectivity index (χ1v) is 7.21. The fourth-order valence-corrected chi connectivity index (χ4v) is 3.49. The zero-order valence-electron chi connectivity index (χ0n) is 9.13. The molecule has 1 aromatic carbocycles. The van der Waals surface area contributed by atoms with Crippen LogP contribution in [-0.2, 0) is 16.6 Å². The van der Waals surface area contributed by atoms with Gasteiger partial charge in [0.05, 0.1) is 16.6 Å². The SMILES string of the molecule is O=C(O)c1sccc1CS(=O)c1cccc(F)c1. The second-order valence-corrected chi connectivity index (χ2v) is 5.89. The molecule has 6 heteroatoms. The third-order valence-electron chi connectivity index (χ3n) is 2.29. The van der Waals surface area contributed by atoms with Crippen LogP contribution in [0.5, 0.6) is 0 Å². The molecule has 0 bridgehead atoms. The summed E-state index contributed by atoms with van der Waals surface area (Å²) in [4.78, 5) is 11.4. The summed E-state index contributed by atoms with van der Waals surface area (Å²) in [6, 6.07) is 7.14. The van der Waals surface area contributed by atoms with Crippen LogP contribution < -0.4 is 0 Å². The van der Waals surface area contributed by atoms with E-state index in [1.807, 2.05) is 0 Å². The minimum Gasteiger partial charge on any atom is -0.477 e. The molecule has 0 spiro atoms. The van der Waals surface area contributed by atoms with Crippen LogP contribution in [0.1, 0.15) is 15.2 Å². The lowest BCUT2D eigenvalue weighted by Crippen LogP contribution is -2.02. The van der Waals surface area contributed by atoms with Gasteiger partial charge in [0.25, 0.3) is 0 Å². The Morgan fingerprint density at radius 3 is 2.83 bits per heavy atom. The molecular weight excluding hydrogens is 275 g/mol. The van der Waals surface area contributed by atoms with Crippen LogP contribution >= 0.6 is 11.3 Å². The van der Waals surface area contributed by atoms with E-state index in [1.165, 1.54) is 18.2 Å². The van der Waals surface area contributed by atoms with Crippen molar-refractivity contribution in [3.8, 4) is 0 Å². The summed E-state index contributed by atoms with van der Waals surface area (Å²) < 4.78 is 25.0. The van der Waals surface area contributed by atoms with Gasteiger partial charge in [-0.3, -0.25) is 4.21 Å². The van der Waals surface area contributed by atoms with Crippen LogP contribution in [-0.4, -0.2) is 15.3 Å². The highest BCUT2D eigenvalue weighted by Gasteiger charge is 2.15. The molecule has 0 saturated carbocycles. The summed E-state index contributed by atoms with van der Waals surface area (Å²) in [6.45, 7) is 0. The molecule has 2 aromatic rings. The summed E-state index contributed by atoms with van der Waals surface area (Å²) in [6.07, 6.45) is 0. The molecule has 0 saturated heterocycles. The normalized spacial score (nSPS) is 12.3. The number of carbonyl (C=O) groups is 1. The number of carboxylic acid groups (broad SMARTS) is 1. The number of halogens is 1. The number of benzene rings is 1. The molecule has 0 aliphatic heterocycles. The van der Waals surface area contributed by atoms with Crippen LogP contribution in [0, 0.1) is 5.82 Å². The van der Waals surface area contributed by atoms with Crippen molar-refractivity contribution < 1.29 is 18.5 Å². The number of hydrogen-bond acceptors (Lipinski definition) is 3. The summed E-state index contributed by atoms with van der Waals surface area (Å²) in [5, 5.41) is 10.6. The van der Waals surface area contributed by atoms with Gasteiger partial charge in [0.1, 0.15) is 10.7 Å². The van der Waals surface area contributed by atoms with Gasteiger partial charge in [0, 0.05) is 4.90 Å². The van der Waals surface area contributed by atoms with Gasteiger partial charge in [-0.25, -0.2) is 9.18 Å². The maximum atomic E-state index is 13.0. The van der Waals surface area contributed by atoms with E-state index in [9.17, 15) is 13.4 Å². The maximum absolute atomic E-state index is 13.0. The number of thiophene rings is 1. The molecule has 1 aromatic heterocycles. The molecule has 0 amide bonds. The molecule has 2 rings (SSSR count). The number of carboxylic acids is 1. The van der Waals surface area contributed by atoms with E-state index in [2.05, 4.69) is 0 Å². The van der Waals surface area contributed by atoms with E-state index < -0.39 is 22.6 Å². The van der Waals surface area contributed by atoms with Crippen LogP contribution in [0.2, 0.25) is 0 Å². The Morgan fingerprint density at radius 1 is 1.39 bits per heavy atom. The zero-order chi connectivity index (χ0) is 13.1. The van der Waals surface area contributed by atoms with E-state index >= 15 is 0 Å². The molecule has 1 heterocycles. The summed E-state index contributed by atoms with van der Waals surface area (Å²) in [5.74, 6) is -1.41. The molecular formula is C12H9FO3S2. The molecule has 3 nitrogen and oxygen atoms in total. The second-order valence-electron chi connectivity index (χ2n) is 3.53. The third-order valence-corrected chi connectivity index (χ3v) is 4.58. The van der Waals surface area contributed by atoms with Crippen molar-refractivity contribution in [3.05, 3.63) is 52.0 Å². The minimum absolute atomic E-state index is 0.0780. The minimum atomic E-state index is -1.45. The van der Waals surface area contributed by atoms with Gasteiger partial charge < -0.3 is 5.11 Å². The van der Waals surface area contributed by atoms with Crippen molar-refractivity contribution in [3.63, 3.8) is 0 Å². The smallest absolute Gasteiger partial charge is 0.346 e. The van der Waals surface area contributed by atoms with Crippen LogP contribution in [0.15, 0.2) is 40.6 Å². The zero-order valence-corrected chi connectivity index (χ0v) is 10.8. The Morgan fingerprint density at radius 2 is 2.17 bits per heavy atom. The number of rotatable bonds is 4. The topological polar surface area (TPSA) is 54.4 Å². The van der Waals surface area contributed by atoms with Gasteiger partial charge in [-0.2, -0.15) is 0 Å². The van der Waals surface area contributed by atoms with Crippen molar-refractivity contribution in [1.82, 2.24) is 0 Å². The highest BCUT2D eigenvalue weighted by Crippen LogP contribution is 2.21. The average Bonchev–Trinajstić information content (AvgIpc) is 2.77. The standard InChI is InChI=1S/C12H9FO3S2/c13-9-2-1-3-10(6-9)18(16)7-8-4-5-17-11(8)12(14)15/h1-6H,7H2,(H,14,15). The monoisotopic (exact) mass is 284 g/mol. The van der Waals surface area contributed by atoms with Crippen molar-refractivity contribution in [2.75, 3.05) is 0 Å². The third kappa shape index (κ3) is 2.83. The van der Waals surface area contributed by atoms with Crippen LogP contribution in [0.4, 0.5) is 4.39 Å². The Balaban J connectivity index is 2.21. The quantitative estimate of drug-likeness (QED) is 0.939. The van der Waals surface area contributed by atoms with Gasteiger partial charge in [-0.05, 0) is 35.2 Å². The number of hydrogen-bond donors (Lipinski definition) is 1. The highest BCUT2D eigenvalue weighted by molar-refractivity contribution is 7.84. The van der Waals surface area contributed by atoms with Crippen LogP contribution in [0.25, 0.3) is 0 Å². The Labute approximate surface area is 109 Å². The fourth-order valence-electron chi connectivity index (χ4n) is 1.47. The van der Waals surface area contributed by atoms with Gasteiger partial charge in [-0.1, -0.05) is 6.07 Å². The summed E-state index contributed by atoms with van der Waals surface area (Å²) >= 11 is 1.09. The van der Waals surface area contributed by atoms with E-state index in [0.717, 1.165) is 11.3 Å². The molecule has 18 heavy (non-hydrogen) atoms. The Bertz CT molecular complexity index is 607. The molecule has 0 aliphatic rings. The predicted octanol–water partition coefficient (Wildman–Crippen LogP) is 2.89. The lowest BCUT2D eigenvalue weighted by atomic mass is 10.3. The molecule has 1 atom stereocenters. The van der Waals surface area contributed by atoms with E-state index in [4.69, 9.17) is 5.11 Å². The number of aromatic carboxylic acids is 1. The first-order chi connectivity index (χ1) is 8.58. The van der Waals surface area contributed by atoms with Crippen LogP contribution in [0.3, 0.4) is 0 Å². The van der Waals surface area contributed by atoms with E-state index in [0.29, 0.717) is 10.5 Å². The average molecular weight is 284 g/mol. The van der Waals surface area contributed by atoms with Crippen molar-refractivity contribution in [2.24, 2.45) is 0 Å². The first-order valence-electron chi connectivity index (χ1n) is 5.01. The molecule has 1 unspecified atom stereocenters. The van der Waals surface area contributed by atoms with Crippen molar-refractivity contribution in [1.29, 1.82) is 0 Å². The maximum Gasteiger partial charge on any atom is 0.346 e.